The van der Waals surface area contributed by atoms with Crippen LogP contribution in [-0.4, -0.2) is 30.2 Å². The molecule has 122 valence electrons. The second kappa shape index (κ2) is 9.05. The van der Waals surface area contributed by atoms with Crippen molar-refractivity contribution >= 4 is 23.6 Å². The first-order chi connectivity index (χ1) is 11.2. The summed E-state index contributed by atoms with van der Waals surface area (Å²) in [7, 11) is 0. The van der Waals surface area contributed by atoms with Gasteiger partial charge in [0.15, 0.2) is 5.76 Å². The maximum absolute atomic E-state index is 12.0. The zero-order valence-corrected chi connectivity index (χ0v) is 13.8. The van der Waals surface area contributed by atoms with E-state index in [9.17, 15) is 9.59 Å². The van der Waals surface area contributed by atoms with Gasteiger partial charge in [-0.15, -0.1) is 11.8 Å². The van der Waals surface area contributed by atoms with Crippen LogP contribution < -0.4 is 10.6 Å². The molecule has 0 saturated heterocycles. The van der Waals surface area contributed by atoms with Crippen molar-refractivity contribution in [2.45, 2.75) is 17.9 Å². The summed E-state index contributed by atoms with van der Waals surface area (Å²) in [5.41, 5.74) is 1.20. The molecule has 1 atom stereocenters. The minimum atomic E-state index is -0.282. The zero-order valence-electron chi connectivity index (χ0n) is 13.0. The van der Waals surface area contributed by atoms with Crippen LogP contribution in [0.4, 0.5) is 0 Å². The van der Waals surface area contributed by atoms with Gasteiger partial charge in [-0.2, -0.15) is 0 Å². The van der Waals surface area contributed by atoms with Gasteiger partial charge in [-0.1, -0.05) is 30.3 Å². The summed E-state index contributed by atoms with van der Waals surface area (Å²) in [6, 6.07) is 13.3. The van der Waals surface area contributed by atoms with Gasteiger partial charge < -0.3 is 15.1 Å². The number of furan rings is 1. The minimum Gasteiger partial charge on any atom is -0.459 e. The topological polar surface area (TPSA) is 71.3 Å². The van der Waals surface area contributed by atoms with Gasteiger partial charge in [0.2, 0.25) is 5.91 Å². The molecule has 23 heavy (non-hydrogen) atoms. The highest BCUT2D eigenvalue weighted by molar-refractivity contribution is 7.99. The third-order valence-electron chi connectivity index (χ3n) is 3.17. The molecule has 0 aliphatic carbocycles. The van der Waals surface area contributed by atoms with Crippen LogP contribution in [0.3, 0.4) is 0 Å². The summed E-state index contributed by atoms with van der Waals surface area (Å²) in [5, 5.41) is 5.35. The minimum absolute atomic E-state index is 0.0295. The van der Waals surface area contributed by atoms with Gasteiger partial charge in [0, 0.05) is 18.8 Å². The second-order valence-corrected chi connectivity index (χ2v) is 6.29. The highest BCUT2D eigenvalue weighted by atomic mass is 32.2. The average molecular weight is 332 g/mol. The van der Waals surface area contributed by atoms with Crippen molar-refractivity contribution in [2.24, 2.45) is 0 Å². The number of rotatable bonds is 8. The Bertz CT molecular complexity index is 614. The Balaban J connectivity index is 1.61. The number of benzene rings is 1. The van der Waals surface area contributed by atoms with E-state index in [1.807, 2.05) is 37.3 Å². The van der Waals surface area contributed by atoms with E-state index in [4.69, 9.17) is 4.42 Å². The van der Waals surface area contributed by atoms with Crippen LogP contribution in [0.1, 0.15) is 23.0 Å². The molecule has 0 aliphatic rings. The van der Waals surface area contributed by atoms with Crippen LogP contribution in [0.2, 0.25) is 0 Å². The fourth-order valence-electron chi connectivity index (χ4n) is 1.87. The predicted octanol–water partition coefficient (Wildman–Crippen LogP) is 2.45. The van der Waals surface area contributed by atoms with Crippen LogP contribution in [-0.2, 0) is 10.5 Å². The number of carbonyl (C=O) groups excluding carboxylic acids is 2. The molecular formula is C17H20N2O3S. The first-order valence-corrected chi connectivity index (χ1v) is 8.46. The molecule has 6 heteroatoms. The predicted molar refractivity (Wildman–Crippen MR) is 91.2 cm³/mol. The van der Waals surface area contributed by atoms with E-state index in [0.717, 1.165) is 5.75 Å². The fourth-order valence-corrected chi connectivity index (χ4v) is 2.74. The number of nitrogens with one attached hydrogen (secondary N) is 2. The molecule has 2 N–H and O–H groups in total. The molecule has 0 unspecified atom stereocenters. The molecule has 0 spiro atoms. The summed E-state index contributed by atoms with van der Waals surface area (Å²) >= 11 is 1.59. The Labute approximate surface area is 139 Å². The summed E-state index contributed by atoms with van der Waals surface area (Å²) < 4.78 is 4.98. The fraction of sp³-hybridized carbons (Fsp3) is 0.294. The van der Waals surface area contributed by atoms with Crippen molar-refractivity contribution in [3.05, 3.63) is 60.1 Å². The van der Waals surface area contributed by atoms with Gasteiger partial charge in [0.1, 0.15) is 0 Å². The van der Waals surface area contributed by atoms with E-state index >= 15 is 0 Å². The molecule has 2 amide bonds. The number of carbonyl (C=O) groups is 2. The molecule has 0 bridgehead atoms. The van der Waals surface area contributed by atoms with Crippen molar-refractivity contribution in [1.82, 2.24) is 10.6 Å². The quantitative estimate of drug-likeness (QED) is 0.729. The van der Waals surface area contributed by atoms with Crippen molar-refractivity contribution < 1.29 is 14.0 Å². The maximum atomic E-state index is 12.0. The van der Waals surface area contributed by atoms with Crippen LogP contribution in [0.25, 0.3) is 0 Å². The Hall–Kier alpha value is -2.21. The van der Waals surface area contributed by atoms with Crippen LogP contribution in [0, 0.1) is 0 Å². The van der Waals surface area contributed by atoms with Crippen molar-refractivity contribution in [2.75, 3.05) is 13.1 Å². The molecular weight excluding hydrogens is 312 g/mol. The third-order valence-corrected chi connectivity index (χ3v) is 4.38. The lowest BCUT2D eigenvalue weighted by atomic mass is 10.2. The van der Waals surface area contributed by atoms with Gasteiger partial charge in [0.05, 0.1) is 11.5 Å². The molecule has 0 saturated carbocycles. The standard InChI is InChI=1S/C17H20N2O3S/c1-13(23-12-14-6-3-2-4-7-14)16(20)18-9-10-19-17(21)15-8-5-11-22-15/h2-8,11,13H,9-10,12H2,1H3,(H,18,20)(H,19,21)/t13-/m1/s1. The summed E-state index contributed by atoms with van der Waals surface area (Å²) in [4.78, 5) is 23.6. The summed E-state index contributed by atoms with van der Waals surface area (Å²) in [6.07, 6.45) is 1.45. The Morgan fingerprint density at radius 3 is 2.52 bits per heavy atom. The van der Waals surface area contributed by atoms with E-state index < -0.39 is 0 Å². The van der Waals surface area contributed by atoms with E-state index in [-0.39, 0.29) is 22.8 Å². The Morgan fingerprint density at radius 2 is 1.83 bits per heavy atom. The lowest BCUT2D eigenvalue weighted by Crippen LogP contribution is -2.37. The average Bonchev–Trinajstić information content (AvgIpc) is 3.11. The Kier molecular flexibility index (Phi) is 6.75. The van der Waals surface area contributed by atoms with Crippen LogP contribution in [0.15, 0.2) is 53.1 Å². The molecule has 0 fully saturated rings. The van der Waals surface area contributed by atoms with Crippen molar-refractivity contribution in [1.29, 1.82) is 0 Å². The number of hydrogen-bond acceptors (Lipinski definition) is 4. The smallest absolute Gasteiger partial charge is 0.287 e. The molecule has 1 aromatic carbocycles. The number of amides is 2. The lowest BCUT2D eigenvalue weighted by Gasteiger charge is -2.12. The van der Waals surface area contributed by atoms with Gasteiger partial charge in [0.25, 0.3) is 5.91 Å². The monoisotopic (exact) mass is 332 g/mol. The van der Waals surface area contributed by atoms with Gasteiger partial charge in [-0.25, -0.2) is 0 Å². The van der Waals surface area contributed by atoms with Crippen molar-refractivity contribution in [3.63, 3.8) is 0 Å². The van der Waals surface area contributed by atoms with Crippen LogP contribution in [0.5, 0.6) is 0 Å². The lowest BCUT2D eigenvalue weighted by molar-refractivity contribution is -0.120. The van der Waals surface area contributed by atoms with Gasteiger partial charge in [-0.05, 0) is 24.6 Å². The van der Waals surface area contributed by atoms with Gasteiger partial charge in [-0.3, -0.25) is 9.59 Å². The largest absolute Gasteiger partial charge is 0.459 e. The Morgan fingerprint density at radius 1 is 1.09 bits per heavy atom. The molecule has 2 aromatic rings. The second-order valence-electron chi connectivity index (χ2n) is 4.96. The third kappa shape index (κ3) is 5.83. The van der Waals surface area contributed by atoms with Crippen LogP contribution >= 0.6 is 11.8 Å². The normalized spacial score (nSPS) is 11.7. The first kappa shape index (κ1) is 17.1. The first-order valence-electron chi connectivity index (χ1n) is 7.42. The molecule has 0 radical (unpaired) electrons. The molecule has 1 aromatic heterocycles. The van der Waals surface area contributed by atoms with E-state index in [1.165, 1.54) is 11.8 Å². The number of thioether (sulfide) groups is 1. The molecule has 2 rings (SSSR count). The summed E-state index contributed by atoms with van der Waals surface area (Å²) in [6.45, 7) is 2.63. The molecule has 5 nitrogen and oxygen atoms in total. The van der Waals surface area contributed by atoms with E-state index in [2.05, 4.69) is 10.6 Å². The van der Waals surface area contributed by atoms with Crippen molar-refractivity contribution in [3.8, 4) is 0 Å². The number of hydrogen-bond donors (Lipinski definition) is 2. The van der Waals surface area contributed by atoms with E-state index in [0.29, 0.717) is 13.1 Å². The molecule has 0 aliphatic heterocycles. The molecule has 1 heterocycles. The highest BCUT2D eigenvalue weighted by Crippen LogP contribution is 2.17. The van der Waals surface area contributed by atoms with E-state index in [1.54, 1.807) is 23.9 Å². The summed E-state index contributed by atoms with van der Waals surface area (Å²) in [5.74, 6) is 0.752. The van der Waals surface area contributed by atoms with Gasteiger partial charge >= 0.3 is 0 Å². The highest BCUT2D eigenvalue weighted by Gasteiger charge is 2.13. The zero-order chi connectivity index (χ0) is 16.5. The SMILES string of the molecule is C[C@@H](SCc1ccccc1)C(=O)NCCNC(=O)c1ccco1. The maximum Gasteiger partial charge on any atom is 0.287 e.